The Balaban J connectivity index is 1.32. The molecular formula is C24H28F3N3O2S. The lowest BCUT2D eigenvalue weighted by Gasteiger charge is -2.33. The fraction of sp³-hybridized carbons (Fsp3) is 0.542. The van der Waals surface area contributed by atoms with Crippen LogP contribution in [0.25, 0.3) is 10.6 Å². The number of nitrogens with one attached hydrogen (secondary N) is 1. The molecule has 2 aromatic rings. The summed E-state index contributed by atoms with van der Waals surface area (Å²) in [6.07, 6.45) is 2.94. The van der Waals surface area contributed by atoms with Crippen LogP contribution >= 0.6 is 11.3 Å². The molecule has 4 rings (SSSR count). The number of likely N-dealkylation sites (tertiary alicyclic amines) is 1. The number of rotatable bonds is 5. The van der Waals surface area contributed by atoms with Crippen LogP contribution in [0.4, 0.5) is 13.2 Å². The Bertz CT molecular complexity index is 968. The Morgan fingerprint density at radius 2 is 1.79 bits per heavy atom. The second-order valence-electron chi connectivity index (χ2n) is 8.92. The average molecular weight is 480 g/mol. The van der Waals surface area contributed by atoms with Gasteiger partial charge in [-0.25, -0.2) is 4.98 Å². The van der Waals surface area contributed by atoms with Gasteiger partial charge in [0.25, 0.3) is 0 Å². The third-order valence-electron chi connectivity index (χ3n) is 6.44. The molecule has 1 aromatic carbocycles. The van der Waals surface area contributed by atoms with Gasteiger partial charge in [0.1, 0.15) is 5.01 Å². The summed E-state index contributed by atoms with van der Waals surface area (Å²) in [5, 5.41) is 5.52. The minimum absolute atomic E-state index is 0.0534. The molecule has 1 aliphatic heterocycles. The van der Waals surface area contributed by atoms with Crippen molar-refractivity contribution < 1.29 is 22.8 Å². The van der Waals surface area contributed by atoms with E-state index in [9.17, 15) is 22.8 Å². The van der Waals surface area contributed by atoms with E-state index in [1.54, 1.807) is 10.3 Å². The van der Waals surface area contributed by atoms with Crippen LogP contribution in [0.1, 0.15) is 56.2 Å². The number of halogens is 3. The van der Waals surface area contributed by atoms with Crippen molar-refractivity contribution in [3.63, 3.8) is 0 Å². The first kappa shape index (κ1) is 23.7. The molecule has 0 spiro atoms. The molecule has 9 heteroatoms. The Hall–Kier alpha value is -2.42. The van der Waals surface area contributed by atoms with Gasteiger partial charge in [-0.2, -0.15) is 13.2 Å². The van der Waals surface area contributed by atoms with E-state index in [1.807, 2.05) is 0 Å². The lowest BCUT2D eigenvalue weighted by molar-refractivity contribution is -0.138. The second-order valence-corrected chi connectivity index (χ2v) is 9.78. The smallest absolute Gasteiger partial charge is 0.353 e. The molecule has 2 fully saturated rings. The van der Waals surface area contributed by atoms with E-state index in [1.165, 1.54) is 29.9 Å². The van der Waals surface area contributed by atoms with Crippen molar-refractivity contribution in [3.05, 3.63) is 40.9 Å². The van der Waals surface area contributed by atoms with Crippen molar-refractivity contribution in [1.29, 1.82) is 0 Å². The van der Waals surface area contributed by atoms with Gasteiger partial charge >= 0.3 is 6.18 Å². The van der Waals surface area contributed by atoms with Crippen LogP contribution in [0.15, 0.2) is 29.6 Å². The molecule has 178 valence electrons. The van der Waals surface area contributed by atoms with Crippen LogP contribution < -0.4 is 5.32 Å². The average Bonchev–Trinajstić information content (AvgIpc) is 3.28. The lowest BCUT2D eigenvalue weighted by Crippen LogP contribution is -2.48. The van der Waals surface area contributed by atoms with E-state index in [4.69, 9.17) is 0 Å². The molecule has 1 aromatic heterocycles. The van der Waals surface area contributed by atoms with Crippen LogP contribution in [-0.4, -0.2) is 40.8 Å². The zero-order chi connectivity index (χ0) is 23.4. The number of carbonyl (C=O) groups excluding carboxylic acids is 2. The van der Waals surface area contributed by atoms with Crippen molar-refractivity contribution in [1.82, 2.24) is 15.2 Å². The lowest BCUT2D eigenvalue weighted by atomic mass is 9.93. The van der Waals surface area contributed by atoms with Crippen molar-refractivity contribution in [2.75, 3.05) is 13.1 Å². The number of carbonyl (C=O) groups is 2. The Morgan fingerprint density at radius 3 is 2.48 bits per heavy atom. The highest BCUT2D eigenvalue weighted by Gasteiger charge is 2.31. The van der Waals surface area contributed by atoms with E-state index in [0.717, 1.165) is 50.7 Å². The molecule has 0 bridgehead atoms. The van der Waals surface area contributed by atoms with Crippen LogP contribution in [0.3, 0.4) is 0 Å². The van der Waals surface area contributed by atoms with E-state index in [0.29, 0.717) is 29.4 Å². The zero-order valence-corrected chi connectivity index (χ0v) is 19.2. The molecule has 5 nitrogen and oxygen atoms in total. The van der Waals surface area contributed by atoms with E-state index in [-0.39, 0.29) is 30.2 Å². The van der Waals surface area contributed by atoms with Crippen molar-refractivity contribution in [2.45, 2.75) is 63.6 Å². The van der Waals surface area contributed by atoms with Gasteiger partial charge in [-0.1, -0.05) is 31.4 Å². The maximum absolute atomic E-state index is 12.9. The highest BCUT2D eigenvalue weighted by Crippen LogP contribution is 2.32. The van der Waals surface area contributed by atoms with Crippen molar-refractivity contribution in [2.24, 2.45) is 5.92 Å². The molecule has 33 heavy (non-hydrogen) atoms. The number of alkyl halides is 3. The molecule has 1 saturated carbocycles. The summed E-state index contributed by atoms with van der Waals surface area (Å²) in [7, 11) is 0. The second kappa shape index (κ2) is 10.2. The van der Waals surface area contributed by atoms with Crippen molar-refractivity contribution >= 4 is 23.2 Å². The Kier molecular flexibility index (Phi) is 7.36. The summed E-state index contributed by atoms with van der Waals surface area (Å²) in [5.41, 5.74) is 0.475. The minimum atomic E-state index is -4.38. The number of amides is 2. The quantitative estimate of drug-likeness (QED) is 0.652. The first-order chi connectivity index (χ1) is 15.8. The predicted octanol–water partition coefficient (Wildman–Crippen LogP) is 5.06. The summed E-state index contributed by atoms with van der Waals surface area (Å²) in [5.74, 6) is -0.199. The SMILES string of the molecule is O=C(NC1CCCCC1)C1CCCN(C(=O)Cc2csc(-c3ccc(C(F)(F)F)cc3)n2)C1. The normalized spacial score (nSPS) is 20.0. The fourth-order valence-corrected chi connectivity index (χ4v) is 5.40. The van der Waals surface area contributed by atoms with Gasteiger partial charge in [0, 0.05) is 30.1 Å². The molecule has 1 N–H and O–H groups in total. The molecule has 1 unspecified atom stereocenters. The molecule has 2 aliphatic rings. The number of hydrogen-bond acceptors (Lipinski definition) is 4. The van der Waals surface area contributed by atoms with Gasteiger partial charge in [-0.15, -0.1) is 11.3 Å². The summed E-state index contributed by atoms with van der Waals surface area (Å²) in [4.78, 5) is 31.8. The highest BCUT2D eigenvalue weighted by molar-refractivity contribution is 7.13. The summed E-state index contributed by atoms with van der Waals surface area (Å²) in [6, 6.07) is 5.12. The number of nitrogens with zero attached hydrogens (tertiary/aromatic N) is 2. The standard InChI is InChI=1S/C24H28F3N3O2S/c25-24(26,27)18-10-8-16(9-11-18)23-29-20(15-33-23)13-21(31)30-12-4-5-17(14-30)22(32)28-19-6-2-1-3-7-19/h8-11,15,17,19H,1-7,12-14H2,(H,28,32). The van der Waals surface area contributed by atoms with Gasteiger partial charge in [0.05, 0.1) is 23.6 Å². The molecule has 2 heterocycles. The van der Waals surface area contributed by atoms with Crippen LogP contribution in [-0.2, 0) is 22.2 Å². The zero-order valence-electron chi connectivity index (χ0n) is 18.4. The van der Waals surface area contributed by atoms with Gasteiger partial charge in [0.15, 0.2) is 0 Å². The van der Waals surface area contributed by atoms with Crippen LogP contribution in [0, 0.1) is 5.92 Å². The largest absolute Gasteiger partial charge is 0.416 e. The molecule has 0 radical (unpaired) electrons. The fourth-order valence-electron chi connectivity index (χ4n) is 4.57. The predicted molar refractivity (Wildman–Crippen MR) is 121 cm³/mol. The number of piperidine rings is 1. The van der Waals surface area contributed by atoms with E-state index >= 15 is 0 Å². The highest BCUT2D eigenvalue weighted by atomic mass is 32.1. The van der Waals surface area contributed by atoms with Gasteiger partial charge in [0.2, 0.25) is 11.8 Å². The van der Waals surface area contributed by atoms with Gasteiger partial charge in [-0.3, -0.25) is 9.59 Å². The minimum Gasteiger partial charge on any atom is -0.353 e. The number of hydrogen-bond donors (Lipinski definition) is 1. The molecule has 1 aliphatic carbocycles. The summed E-state index contributed by atoms with van der Waals surface area (Å²) in [6.45, 7) is 1.05. The van der Waals surface area contributed by atoms with Gasteiger partial charge < -0.3 is 10.2 Å². The van der Waals surface area contributed by atoms with Crippen LogP contribution in [0.5, 0.6) is 0 Å². The maximum atomic E-state index is 12.9. The third-order valence-corrected chi connectivity index (χ3v) is 7.38. The van der Waals surface area contributed by atoms with E-state index < -0.39 is 11.7 Å². The molecule has 1 atom stereocenters. The Morgan fingerprint density at radius 1 is 1.06 bits per heavy atom. The first-order valence-corrected chi connectivity index (χ1v) is 12.4. The summed E-state index contributed by atoms with van der Waals surface area (Å²) < 4.78 is 38.3. The number of aromatic nitrogens is 1. The Labute approximate surface area is 195 Å². The molecule has 2 amide bonds. The monoisotopic (exact) mass is 479 g/mol. The first-order valence-electron chi connectivity index (χ1n) is 11.5. The number of benzene rings is 1. The maximum Gasteiger partial charge on any atom is 0.416 e. The topological polar surface area (TPSA) is 62.3 Å². The van der Waals surface area contributed by atoms with E-state index in [2.05, 4.69) is 10.3 Å². The van der Waals surface area contributed by atoms with Gasteiger partial charge in [-0.05, 0) is 37.8 Å². The number of thiazole rings is 1. The molecular weight excluding hydrogens is 451 g/mol. The third kappa shape index (κ3) is 6.13. The van der Waals surface area contributed by atoms with Crippen molar-refractivity contribution in [3.8, 4) is 10.6 Å². The molecule has 1 saturated heterocycles. The van der Waals surface area contributed by atoms with Crippen LogP contribution in [0.2, 0.25) is 0 Å². The summed E-state index contributed by atoms with van der Waals surface area (Å²) >= 11 is 1.30.